The largest absolute Gasteiger partial charge is 0.497 e. The predicted molar refractivity (Wildman–Crippen MR) is 82.8 cm³/mol. The topological polar surface area (TPSA) is 99.6 Å². The fourth-order valence-corrected chi connectivity index (χ4v) is 1.80. The summed E-state index contributed by atoms with van der Waals surface area (Å²) in [7, 11) is 1.54. The molecular formula is C15H19N3O4. The Bertz CT molecular complexity index is 674. The molecule has 1 heterocycles. The SMILES string of the molecule is COc1ccc(-c2cc(N)no2)c(NC(=O)OC(C)(C)C)c1. The van der Waals surface area contributed by atoms with Gasteiger partial charge < -0.3 is 19.7 Å². The van der Waals surface area contributed by atoms with E-state index in [0.29, 0.717) is 22.8 Å². The number of nitrogens with two attached hydrogens (primary N) is 1. The van der Waals surface area contributed by atoms with Crippen molar-refractivity contribution in [2.45, 2.75) is 26.4 Å². The molecule has 2 rings (SSSR count). The second kappa shape index (κ2) is 5.97. The lowest BCUT2D eigenvalue weighted by atomic mass is 10.1. The van der Waals surface area contributed by atoms with Crippen molar-refractivity contribution < 1.29 is 18.8 Å². The molecule has 1 aromatic carbocycles. The first-order valence-corrected chi connectivity index (χ1v) is 6.69. The van der Waals surface area contributed by atoms with Crippen LogP contribution < -0.4 is 15.8 Å². The van der Waals surface area contributed by atoms with Crippen molar-refractivity contribution in [2.75, 3.05) is 18.2 Å². The van der Waals surface area contributed by atoms with Gasteiger partial charge >= 0.3 is 6.09 Å². The van der Waals surface area contributed by atoms with Crippen LogP contribution in [0.15, 0.2) is 28.8 Å². The fourth-order valence-electron chi connectivity index (χ4n) is 1.80. The number of anilines is 2. The Hall–Kier alpha value is -2.70. The third-order valence-corrected chi connectivity index (χ3v) is 2.66. The van der Waals surface area contributed by atoms with Crippen LogP contribution in [0.4, 0.5) is 16.3 Å². The van der Waals surface area contributed by atoms with Crippen LogP contribution in [0, 0.1) is 0 Å². The van der Waals surface area contributed by atoms with Gasteiger partial charge in [0.25, 0.3) is 0 Å². The highest BCUT2D eigenvalue weighted by Crippen LogP contribution is 2.32. The minimum atomic E-state index is -0.597. The lowest BCUT2D eigenvalue weighted by Gasteiger charge is -2.20. The summed E-state index contributed by atoms with van der Waals surface area (Å²) in [5.74, 6) is 1.28. The zero-order valence-electron chi connectivity index (χ0n) is 13.0. The van der Waals surface area contributed by atoms with Crippen molar-refractivity contribution in [3.63, 3.8) is 0 Å². The molecule has 0 unspecified atom stereocenters. The highest BCUT2D eigenvalue weighted by molar-refractivity contribution is 5.91. The van der Waals surface area contributed by atoms with E-state index in [9.17, 15) is 4.79 Å². The molecule has 3 N–H and O–H groups in total. The highest BCUT2D eigenvalue weighted by atomic mass is 16.6. The molecule has 0 atom stereocenters. The first-order chi connectivity index (χ1) is 10.3. The molecule has 0 saturated heterocycles. The van der Waals surface area contributed by atoms with E-state index in [0.717, 1.165) is 0 Å². The first kappa shape index (κ1) is 15.7. The van der Waals surface area contributed by atoms with Crippen LogP contribution in [-0.4, -0.2) is 24.0 Å². The van der Waals surface area contributed by atoms with E-state index in [-0.39, 0.29) is 5.82 Å². The van der Waals surface area contributed by atoms with E-state index < -0.39 is 11.7 Å². The molecule has 0 radical (unpaired) electrons. The average molecular weight is 305 g/mol. The third-order valence-electron chi connectivity index (χ3n) is 2.66. The van der Waals surface area contributed by atoms with Crippen LogP contribution in [0.5, 0.6) is 5.75 Å². The van der Waals surface area contributed by atoms with Crippen LogP contribution in [0.1, 0.15) is 20.8 Å². The number of aromatic nitrogens is 1. The standard InChI is InChI=1S/C15H19N3O4/c1-15(2,3)21-14(19)17-11-7-9(20-4)5-6-10(11)12-8-13(16)18-22-12/h5-8H,1-4H3,(H2,16,18)(H,17,19). The second-order valence-corrected chi connectivity index (χ2v) is 5.65. The molecule has 7 heteroatoms. The van der Waals surface area contributed by atoms with Crippen LogP contribution in [0.3, 0.4) is 0 Å². The number of amides is 1. The monoisotopic (exact) mass is 305 g/mol. The number of hydrogen-bond acceptors (Lipinski definition) is 6. The van der Waals surface area contributed by atoms with Crippen molar-refractivity contribution in [2.24, 2.45) is 0 Å². The van der Waals surface area contributed by atoms with Crippen molar-refractivity contribution >= 4 is 17.6 Å². The molecule has 1 amide bonds. The number of rotatable bonds is 3. The summed E-state index contributed by atoms with van der Waals surface area (Å²) in [6, 6.07) is 6.72. The Morgan fingerprint density at radius 2 is 2.05 bits per heavy atom. The van der Waals surface area contributed by atoms with Gasteiger partial charge in [-0.15, -0.1) is 0 Å². The van der Waals surface area contributed by atoms with E-state index in [4.69, 9.17) is 19.7 Å². The van der Waals surface area contributed by atoms with E-state index >= 15 is 0 Å². The molecule has 0 aliphatic rings. The van der Waals surface area contributed by atoms with Gasteiger partial charge in [0.1, 0.15) is 11.4 Å². The summed E-state index contributed by atoms with van der Waals surface area (Å²) >= 11 is 0. The van der Waals surface area contributed by atoms with Gasteiger partial charge in [0.2, 0.25) is 0 Å². The minimum Gasteiger partial charge on any atom is -0.497 e. The van der Waals surface area contributed by atoms with Gasteiger partial charge in [0.05, 0.1) is 12.8 Å². The number of carbonyl (C=O) groups excluding carboxylic acids is 1. The zero-order valence-corrected chi connectivity index (χ0v) is 13.0. The number of nitrogens with zero attached hydrogens (tertiary/aromatic N) is 1. The van der Waals surface area contributed by atoms with Crippen LogP contribution >= 0.6 is 0 Å². The van der Waals surface area contributed by atoms with Crippen molar-refractivity contribution in [3.05, 3.63) is 24.3 Å². The Balaban J connectivity index is 2.33. The smallest absolute Gasteiger partial charge is 0.412 e. The molecule has 0 spiro atoms. The summed E-state index contributed by atoms with van der Waals surface area (Å²) in [6.45, 7) is 5.36. The molecule has 0 aliphatic heterocycles. The van der Waals surface area contributed by atoms with Gasteiger partial charge in [-0.3, -0.25) is 5.32 Å². The van der Waals surface area contributed by atoms with E-state index in [1.54, 1.807) is 52.1 Å². The van der Waals surface area contributed by atoms with Crippen LogP contribution in [0.25, 0.3) is 11.3 Å². The lowest BCUT2D eigenvalue weighted by Crippen LogP contribution is -2.27. The van der Waals surface area contributed by atoms with Gasteiger partial charge in [-0.1, -0.05) is 5.16 Å². The number of hydrogen-bond donors (Lipinski definition) is 2. The van der Waals surface area contributed by atoms with Crippen LogP contribution in [-0.2, 0) is 4.74 Å². The molecule has 0 aliphatic carbocycles. The molecule has 0 bridgehead atoms. The number of nitrogens with one attached hydrogen (secondary N) is 1. The molecule has 22 heavy (non-hydrogen) atoms. The molecule has 0 fully saturated rings. The zero-order chi connectivity index (χ0) is 16.3. The Morgan fingerprint density at radius 1 is 1.32 bits per heavy atom. The molecule has 1 aromatic heterocycles. The quantitative estimate of drug-likeness (QED) is 0.902. The molecule has 2 aromatic rings. The maximum absolute atomic E-state index is 12.0. The maximum Gasteiger partial charge on any atom is 0.412 e. The Labute approximate surface area is 128 Å². The van der Waals surface area contributed by atoms with Crippen molar-refractivity contribution in [3.8, 4) is 17.1 Å². The lowest BCUT2D eigenvalue weighted by molar-refractivity contribution is 0.0636. The normalized spacial score (nSPS) is 11.1. The third kappa shape index (κ3) is 3.91. The summed E-state index contributed by atoms with van der Waals surface area (Å²) in [5, 5.41) is 6.32. The number of carbonyl (C=O) groups is 1. The summed E-state index contributed by atoms with van der Waals surface area (Å²) in [5.41, 5.74) is 6.07. The summed E-state index contributed by atoms with van der Waals surface area (Å²) in [4.78, 5) is 12.0. The van der Waals surface area contributed by atoms with E-state index in [1.165, 1.54) is 0 Å². The Morgan fingerprint density at radius 3 is 2.59 bits per heavy atom. The highest BCUT2D eigenvalue weighted by Gasteiger charge is 2.19. The predicted octanol–water partition coefficient (Wildman–Crippen LogP) is 3.28. The van der Waals surface area contributed by atoms with Crippen molar-refractivity contribution in [1.29, 1.82) is 0 Å². The maximum atomic E-state index is 12.0. The molecule has 7 nitrogen and oxygen atoms in total. The molecule has 118 valence electrons. The average Bonchev–Trinajstić information content (AvgIpc) is 2.82. The van der Waals surface area contributed by atoms with Crippen LogP contribution in [0.2, 0.25) is 0 Å². The summed E-state index contributed by atoms with van der Waals surface area (Å²) < 4.78 is 15.6. The number of methoxy groups -OCH3 is 1. The van der Waals surface area contributed by atoms with E-state index in [2.05, 4.69) is 10.5 Å². The number of nitrogen functional groups attached to an aromatic ring is 1. The minimum absolute atomic E-state index is 0.258. The number of ether oxygens (including phenoxy) is 2. The number of benzene rings is 1. The fraction of sp³-hybridized carbons (Fsp3) is 0.333. The van der Waals surface area contributed by atoms with Gasteiger partial charge in [0.15, 0.2) is 11.6 Å². The Kier molecular flexibility index (Phi) is 4.25. The van der Waals surface area contributed by atoms with Gasteiger partial charge in [0, 0.05) is 17.7 Å². The van der Waals surface area contributed by atoms with Gasteiger partial charge in [-0.25, -0.2) is 4.79 Å². The second-order valence-electron chi connectivity index (χ2n) is 5.65. The van der Waals surface area contributed by atoms with Crippen molar-refractivity contribution in [1.82, 2.24) is 5.16 Å². The molecular weight excluding hydrogens is 286 g/mol. The van der Waals surface area contributed by atoms with Gasteiger partial charge in [-0.2, -0.15) is 0 Å². The van der Waals surface area contributed by atoms with Gasteiger partial charge in [-0.05, 0) is 32.9 Å². The summed E-state index contributed by atoms with van der Waals surface area (Å²) in [6.07, 6.45) is -0.575. The first-order valence-electron chi connectivity index (χ1n) is 6.69. The van der Waals surface area contributed by atoms with E-state index in [1.807, 2.05) is 0 Å². The molecule has 0 saturated carbocycles.